The maximum Gasteiger partial charge on any atom is 0.304 e. The Morgan fingerprint density at radius 2 is 1.61 bits per heavy atom. The minimum Gasteiger partial charge on any atom is -0.352 e. The van der Waals surface area contributed by atoms with Gasteiger partial charge in [-0.05, 0) is 56.0 Å². The lowest BCUT2D eigenvalue weighted by atomic mass is 9.95. The monoisotopic (exact) mass is 546 g/mol. The molecule has 38 heavy (non-hydrogen) atoms. The molecular weight excluding hydrogens is 507 g/mol. The summed E-state index contributed by atoms with van der Waals surface area (Å²) in [6.45, 7) is 3.42. The zero-order valence-electron chi connectivity index (χ0n) is 22.7. The third-order valence-electron chi connectivity index (χ3n) is 6.94. The quantitative estimate of drug-likeness (QED) is 0.461. The Labute approximate surface area is 226 Å². The van der Waals surface area contributed by atoms with Crippen molar-refractivity contribution in [1.82, 2.24) is 14.5 Å². The number of benzene rings is 2. The van der Waals surface area contributed by atoms with Crippen LogP contribution in [0.3, 0.4) is 0 Å². The van der Waals surface area contributed by atoms with Crippen molar-refractivity contribution in [3.05, 3.63) is 65.5 Å². The summed E-state index contributed by atoms with van der Waals surface area (Å²) in [7, 11) is -1.36. The first-order chi connectivity index (χ1) is 18.0. The Bertz CT molecular complexity index is 1180. The Kier molecular flexibility index (Phi) is 10.3. The molecule has 8 nitrogen and oxygen atoms in total. The van der Waals surface area contributed by atoms with E-state index in [9.17, 15) is 22.4 Å². The van der Waals surface area contributed by atoms with Crippen LogP contribution in [0.2, 0.25) is 0 Å². The van der Waals surface area contributed by atoms with Gasteiger partial charge in [0.1, 0.15) is 18.4 Å². The molecule has 2 aromatic carbocycles. The van der Waals surface area contributed by atoms with Gasteiger partial charge in [0, 0.05) is 26.7 Å². The number of halogens is 1. The number of carbonyl (C=O) groups is 2. The number of nitrogens with one attached hydrogen (secondary N) is 1. The van der Waals surface area contributed by atoms with Crippen molar-refractivity contribution in [3.63, 3.8) is 0 Å². The molecule has 1 aliphatic carbocycles. The number of carbonyl (C=O) groups excluding carboxylic acids is 2. The highest BCUT2D eigenvalue weighted by molar-refractivity contribution is 7.90. The Morgan fingerprint density at radius 3 is 2.16 bits per heavy atom. The molecule has 0 bridgehead atoms. The van der Waals surface area contributed by atoms with Crippen LogP contribution in [0.1, 0.15) is 56.6 Å². The summed E-state index contributed by atoms with van der Waals surface area (Å²) >= 11 is 0. The lowest BCUT2D eigenvalue weighted by molar-refractivity contribution is -0.140. The molecule has 1 N–H and O–H groups in total. The van der Waals surface area contributed by atoms with Crippen molar-refractivity contribution in [2.45, 2.75) is 71.0 Å². The van der Waals surface area contributed by atoms with Gasteiger partial charge in [-0.2, -0.15) is 12.7 Å². The fourth-order valence-electron chi connectivity index (χ4n) is 4.68. The van der Waals surface area contributed by atoms with Gasteiger partial charge in [-0.15, -0.1) is 0 Å². The highest BCUT2D eigenvalue weighted by Crippen LogP contribution is 2.23. The summed E-state index contributed by atoms with van der Waals surface area (Å²) < 4.78 is 42.0. The lowest BCUT2D eigenvalue weighted by Crippen LogP contribution is -2.54. The Hall–Kier alpha value is -2.98. The molecule has 0 unspecified atom stereocenters. The van der Waals surface area contributed by atoms with Crippen molar-refractivity contribution in [2.75, 3.05) is 24.9 Å². The van der Waals surface area contributed by atoms with Crippen LogP contribution in [0.25, 0.3) is 0 Å². The summed E-state index contributed by atoms with van der Waals surface area (Å²) in [6.07, 6.45) is 5.46. The van der Waals surface area contributed by atoms with Crippen molar-refractivity contribution in [2.24, 2.45) is 0 Å². The predicted octanol–water partition coefficient (Wildman–Crippen LogP) is 4.00. The number of aryl methyl sites for hydroxylation is 1. The minimum absolute atomic E-state index is 0.0754. The molecule has 1 aliphatic rings. The molecule has 0 aliphatic heterocycles. The van der Waals surface area contributed by atoms with Crippen LogP contribution in [0.15, 0.2) is 48.5 Å². The van der Waals surface area contributed by atoms with Crippen molar-refractivity contribution < 1.29 is 22.4 Å². The molecule has 0 spiro atoms. The summed E-state index contributed by atoms with van der Waals surface area (Å²) in [6, 6.07) is 11.9. The molecule has 0 heterocycles. The summed E-state index contributed by atoms with van der Waals surface area (Å²) in [5.41, 5.74) is 2.05. The summed E-state index contributed by atoms with van der Waals surface area (Å²) in [5.74, 6) is -1.27. The van der Waals surface area contributed by atoms with Gasteiger partial charge in [0.2, 0.25) is 11.8 Å². The van der Waals surface area contributed by atoms with Gasteiger partial charge in [0.15, 0.2) is 0 Å². The van der Waals surface area contributed by atoms with Crippen LogP contribution in [0, 0.1) is 12.7 Å². The van der Waals surface area contributed by atoms with E-state index in [1.54, 1.807) is 0 Å². The van der Waals surface area contributed by atoms with Gasteiger partial charge in [-0.3, -0.25) is 9.59 Å². The molecule has 1 atom stereocenters. The van der Waals surface area contributed by atoms with Gasteiger partial charge in [-0.1, -0.05) is 56.0 Å². The molecule has 3 rings (SSSR count). The van der Waals surface area contributed by atoms with Crippen molar-refractivity contribution in [1.29, 1.82) is 0 Å². The first-order valence-corrected chi connectivity index (χ1v) is 14.5. The summed E-state index contributed by atoms with van der Waals surface area (Å²) in [5, 5.41) is 3.13. The minimum atomic E-state index is -4.09. The molecule has 1 fully saturated rings. The van der Waals surface area contributed by atoms with Crippen LogP contribution < -0.4 is 9.62 Å². The van der Waals surface area contributed by atoms with E-state index < -0.39 is 34.5 Å². The third-order valence-corrected chi connectivity index (χ3v) is 8.76. The van der Waals surface area contributed by atoms with E-state index in [1.807, 2.05) is 38.1 Å². The van der Waals surface area contributed by atoms with Crippen LogP contribution >= 0.6 is 0 Å². The molecule has 0 saturated heterocycles. The lowest BCUT2D eigenvalue weighted by Gasteiger charge is -2.35. The van der Waals surface area contributed by atoms with E-state index in [2.05, 4.69) is 5.32 Å². The van der Waals surface area contributed by atoms with Crippen LogP contribution in [-0.2, 0) is 26.3 Å². The second-order valence-corrected chi connectivity index (χ2v) is 12.1. The van der Waals surface area contributed by atoms with E-state index >= 15 is 0 Å². The molecule has 10 heteroatoms. The second kappa shape index (κ2) is 13.2. The number of amides is 2. The topological polar surface area (TPSA) is 90.0 Å². The van der Waals surface area contributed by atoms with E-state index in [4.69, 9.17) is 0 Å². The van der Waals surface area contributed by atoms with Crippen molar-refractivity contribution in [3.8, 4) is 0 Å². The maximum absolute atomic E-state index is 13.9. The third kappa shape index (κ3) is 7.54. The molecule has 0 radical (unpaired) electrons. The van der Waals surface area contributed by atoms with Gasteiger partial charge in [0.25, 0.3) is 0 Å². The zero-order valence-corrected chi connectivity index (χ0v) is 23.5. The van der Waals surface area contributed by atoms with Gasteiger partial charge in [-0.25, -0.2) is 8.70 Å². The number of nitrogens with zero attached hydrogens (tertiary/aromatic N) is 3. The molecule has 2 amide bonds. The normalized spacial score (nSPS) is 15.2. The highest BCUT2D eigenvalue weighted by Gasteiger charge is 2.34. The smallest absolute Gasteiger partial charge is 0.304 e. The molecule has 1 saturated carbocycles. The fourth-order valence-corrected chi connectivity index (χ4v) is 5.73. The first-order valence-electron chi connectivity index (χ1n) is 13.1. The average Bonchev–Trinajstić information content (AvgIpc) is 2.89. The maximum atomic E-state index is 13.9. The van der Waals surface area contributed by atoms with Crippen molar-refractivity contribution >= 4 is 27.7 Å². The second-order valence-electron chi connectivity index (χ2n) is 10.0. The van der Waals surface area contributed by atoms with E-state index in [-0.39, 0.29) is 24.2 Å². The molecular formula is C28H39FN4O4S. The van der Waals surface area contributed by atoms with Gasteiger partial charge < -0.3 is 10.2 Å². The fraction of sp³-hybridized carbons (Fsp3) is 0.500. The SMILES string of the molecule is CC[C@@H](C(=O)NC1CCCCC1)N(Cc1ccc(C)cc1)C(=O)CN(c1ccc(F)cc1)S(=O)(=O)N(C)C. The van der Waals surface area contributed by atoms with Gasteiger partial charge >= 0.3 is 10.2 Å². The first kappa shape index (κ1) is 29.6. The highest BCUT2D eigenvalue weighted by atomic mass is 32.2. The number of rotatable bonds is 11. The predicted molar refractivity (Wildman–Crippen MR) is 147 cm³/mol. The Balaban J connectivity index is 1.94. The van der Waals surface area contributed by atoms with Crippen LogP contribution in [0.5, 0.6) is 0 Å². The molecule has 2 aromatic rings. The van der Waals surface area contributed by atoms with Crippen LogP contribution in [-0.4, -0.2) is 62.2 Å². The number of hydrogen-bond donors (Lipinski definition) is 1. The number of hydrogen-bond acceptors (Lipinski definition) is 4. The van der Waals surface area contributed by atoms with Crippen LogP contribution in [0.4, 0.5) is 10.1 Å². The number of anilines is 1. The van der Waals surface area contributed by atoms with E-state index in [1.165, 1.54) is 31.1 Å². The van der Waals surface area contributed by atoms with Gasteiger partial charge in [0.05, 0.1) is 5.69 Å². The standard InChI is InChI=1S/C28H39FN4O4S/c1-5-26(28(35)30-24-9-7-6-8-10-24)32(19-22-13-11-21(2)12-14-22)27(34)20-33(38(36,37)31(3)4)25-17-15-23(29)16-18-25/h11-18,24,26H,5-10,19-20H2,1-4H3,(H,30,35)/t26-/m0/s1. The van der Waals surface area contributed by atoms with E-state index in [0.717, 1.165) is 64.0 Å². The average molecular weight is 547 g/mol. The molecule has 0 aromatic heterocycles. The molecule has 208 valence electrons. The summed E-state index contributed by atoms with van der Waals surface area (Å²) in [4.78, 5) is 28.8. The zero-order chi connectivity index (χ0) is 27.9. The largest absolute Gasteiger partial charge is 0.352 e. The Morgan fingerprint density at radius 1 is 1.00 bits per heavy atom. The van der Waals surface area contributed by atoms with E-state index in [0.29, 0.717) is 6.42 Å².